The van der Waals surface area contributed by atoms with Gasteiger partial charge in [0.1, 0.15) is 6.04 Å². The zero-order valence-electron chi connectivity index (χ0n) is 12.1. The van der Waals surface area contributed by atoms with Crippen molar-refractivity contribution in [2.24, 2.45) is 5.92 Å². The van der Waals surface area contributed by atoms with Gasteiger partial charge in [-0.2, -0.15) is 0 Å². The van der Waals surface area contributed by atoms with Gasteiger partial charge in [0.15, 0.2) is 0 Å². The van der Waals surface area contributed by atoms with Crippen LogP contribution in [0.5, 0.6) is 0 Å². The van der Waals surface area contributed by atoms with Crippen LogP contribution < -0.4 is 0 Å². The van der Waals surface area contributed by atoms with Gasteiger partial charge in [0.25, 0.3) is 0 Å². The van der Waals surface area contributed by atoms with Crippen molar-refractivity contribution in [3.05, 3.63) is 0 Å². The van der Waals surface area contributed by atoms with Crippen LogP contribution in [0.2, 0.25) is 0 Å². The van der Waals surface area contributed by atoms with E-state index in [1.54, 1.807) is 0 Å². The molecule has 1 aliphatic heterocycles. The van der Waals surface area contributed by atoms with Crippen molar-refractivity contribution in [2.75, 3.05) is 13.7 Å². The maximum Gasteiger partial charge on any atom is 0.326 e. The second kappa shape index (κ2) is 7.87. The molecule has 6 heteroatoms. The first-order valence-electron chi connectivity index (χ1n) is 7.11. The number of carboxylic acids is 1. The highest BCUT2D eigenvalue weighted by atomic mass is 16.5. The smallest absolute Gasteiger partial charge is 0.326 e. The van der Waals surface area contributed by atoms with Gasteiger partial charge in [-0.05, 0) is 6.42 Å². The molecular formula is C14H23NO5. The summed E-state index contributed by atoms with van der Waals surface area (Å²) in [6.45, 7) is 2.23. The number of rotatable bonds is 8. The van der Waals surface area contributed by atoms with Gasteiger partial charge < -0.3 is 14.7 Å². The minimum atomic E-state index is -1.000. The Kier molecular flexibility index (Phi) is 6.48. The molecule has 1 saturated heterocycles. The number of unbranched alkanes of at least 4 members (excludes halogenated alkanes) is 3. The number of carbonyl (C=O) groups is 3. The number of nitrogens with zero attached hydrogens (tertiary/aromatic N) is 1. The molecule has 20 heavy (non-hydrogen) atoms. The third kappa shape index (κ3) is 4.21. The lowest BCUT2D eigenvalue weighted by molar-refractivity contribution is -0.149. The van der Waals surface area contributed by atoms with E-state index in [1.807, 2.05) is 0 Å². The summed E-state index contributed by atoms with van der Waals surface area (Å²) < 4.78 is 4.62. The lowest BCUT2D eigenvalue weighted by Crippen LogP contribution is -2.42. The van der Waals surface area contributed by atoms with E-state index in [4.69, 9.17) is 0 Å². The summed E-state index contributed by atoms with van der Waals surface area (Å²) in [4.78, 5) is 36.0. The third-order valence-electron chi connectivity index (χ3n) is 3.69. The SMILES string of the molecule is CCCCCCC(C(=O)O)N1CC(C(=O)OC)CC1=O. The molecule has 0 aliphatic carbocycles. The van der Waals surface area contributed by atoms with Crippen LogP contribution in [0.25, 0.3) is 0 Å². The van der Waals surface area contributed by atoms with Crippen LogP contribution in [0.4, 0.5) is 0 Å². The van der Waals surface area contributed by atoms with Crippen molar-refractivity contribution >= 4 is 17.8 Å². The average molecular weight is 285 g/mol. The van der Waals surface area contributed by atoms with Crippen molar-refractivity contribution in [3.63, 3.8) is 0 Å². The minimum Gasteiger partial charge on any atom is -0.480 e. The topological polar surface area (TPSA) is 83.9 Å². The standard InChI is InChI=1S/C14H23NO5/c1-3-4-5-6-7-11(13(17)18)15-9-10(8-12(15)16)14(19)20-2/h10-11H,3-9H2,1-2H3,(H,17,18). The summed E-state index contributed by atoms with van der Waals surface area (Å²) in [6, 6.07) is -0.825. The summed E-state index contributed by atoms with van der Waals surface area (Å²) in [6.07, 6.45) is 4.36. The summed E-state index contributed by atoms with van der Waals surface area (Å²) in [5.74, 6) is -2.26. The van der Waals surface area contributed by atoms with Gasteiger partial charge in [0.2, 0.25) is 5.91 Å². The van der Waals surface area contributed by atoms with Crippen LogP contribution >= 0.6 is 0 Å². The first-order valence-corrected chi connectivity index (χ1v) is 7.11. The Hall–Kier alpha value is -1.59. The molecule has 0 aromatic rings. The molecule has 0 saturated carbocycles. The predicted octanol–water partition coefficient (Wildman–Crippen LogP) is 1.43. The molecular weight excluding hydrogens is 262 g/mol. The monoisotopic (exact) mass is 285 g/mol. The zero-order chi connectivity index (χ0) is 15.1. The van der Waals surface area contributed by atoms with E-state index in [0.29, 0.717) is 6.42 Å². The Morgan fingerprint density at radius 2 is 2.10 bits per heavy atom. The Morgan fingerprint density at radius 1 is 1.40 bits per heavy atom. The Balaban J connectivity index is 2.60. The normalized spacial score (nSPS) is 20.0. The van der Waals surface area contributed by atoms with E-state index in [1.165, 1.54) is 12.0 Å². The van der Waals surface area contributed by atoms with Crippen LogP contribution in [0.3, 0.4) is 0 Å². The van der Waals surface area contributed by atoms with Crippen LogP contribution in [0.1, 0.15) is 45.4 Å². The molecule has 1 fully saturated rings. The molecule has 0 radical (unpaired) electrons. The predicted molar refractivity (Wildman–Crippen MR) is 72.0 cm³/mol. The second-order valence-electron chi connectivity index (χ2n) is 5.17. The van der Waals surface area contributed by atoms with Crippen molar-refractivity contribution in [1.82, 2.24) is 4.90 Å². The molecule has 1 N–H and O–H groups in total. The molecule has 1 heterocycles. The molecule has 0 spiro atoms. The molecule has 1 amide bonds. The number of amides is 1. The lowest BCUT2D eigenvalue weighted by atomic mass is 10.1. The molecule has 114 valence electrons. The van der Waals surface area contributed by atoms with Crippen molar-refractivity contribution in [2.45, 2.75) is 51.5 Å². The van der Waals surface area contributed by atoms with E-state index in [0.717, 1.165) is 25.7 Å². The number of ether oxygens (including phenoxy) is 1. The molecule has 6 nitrogen and oxygen atoms in total. The molecule has 2 unspecified atom stereocenters. The van der Waals surface area contributed by atoms with Gasteiger partial charge in [0, 0.05) is 13.0 Å². The number of carbonyl (C=O) groups excluding carboxylic acids is 2. The molecule has 0 aromatic carbocycles. The van der Waals surface area contributed by atoms with E-state index in [9.17, 15) is 19.5 Å². The number of esters is 1. The summed E-state index contributed by atoms with van der Waals surface area (Å²) in [5.41, 5.74) is 0. The summed E-state index contributed by atoms with van der Waals surface area (Å²) in [7, 11) is 1.27. The number of methoxy groups -OCH3 is 1. The Bertz CT molecular complexity index is 369. The fourth-order valence-electron chi connectivity index (χ4n) is 2.53. The molecule has 1 rings (SSSR count). The molecule has 0 bridgehead atoms. The number of hydrogen-bond donors (Lipinski definition) is 1. The van der Waals surface area contributed by atoms with Gasteiger partial charge in [-0.25, -0.2) is 4.79 Å². The fourth-order valence-corrected chi connectivity index (χ4v) is 2.53. The zero-order valence-corrected chi connectivity index (χ0v) is 12.1. The van der Waals surface area contributed by atoms with Gasteiger partial charge >= 0.3 is 11.9 Å². The van der Waals surface area contributed by atoms with Gasteiger partial charge in [0.05, 0.1) is 13.0 Å². The van der Waals surface area contributed by atoms with Crippen LogP contribution in [-0.4, -0.2) is 47.5 Å². The van der Waals surface area contributed by atoms with Crippen molar-refractivity contribution < 1.29 is 24.2 Å². The highest BCUT2D eigenvalue weighted by Crippen LogP contribution is 2.24. The average Bonchev–Trinajstić information content (AvgIpc) is 2.79. The first kappa shape index (κ1) is 16.5. The first-order chi connectivity index (χ1) is 9.51. The number of aliphatic carboxylic acids is 1. The van der Waals surface area contributed by atoms with E-state index in [2.05, 4.69) is 11.7 Å². The fraction of sp³-hybridized carbons (Fsp3) is 0.786. The van der Waals surface area contributed by atoms with Crippen molar-refractivity contribution in [3.8, 4) is 0 Å². The van der Waals surface area contributed by atoms with E-state index in [-0.39, 0.29) is 18.9 Å². The maximum atomic E-state index is 11.9. The minimum absolute atomic E-state index is 0.0470. The Labute approximate surface area is 119 Å². The lowest BCUT2D eigenvalue weighted by Gasteiger charge is -2.24. The van der Waals surface area contributed by atoms with Crippen LogP contribution in [0, 0.1) is 5.92 Å². The summed E-state index contributed by atoms with van der Waals surface area (Å²) >= 11 is 0. The second-order valence-corrected chi connectivity index (χ2v) is 5.17. The van der Waals surface area contributed by atoms with Crippen LogP contribution in [-0.2, 0) is 19.1 Å². The molecule has 1 aliphatic rings. The van der Waals surface area contributed by atoms with Gasteiger partial charge in [-0.15, -0.1) is 0 Å². The third-order valence-corrected chi connectivity index (χ3v) is 3.69. The van der Waals surface area contributed by atoms with Gasteiger partial charge in [-0.1, -0.05) is 32.6 Å². The highest BCUT2D eigenvalue weighted by molar-refractivity contribution is 5.90. The highest BCUT2D eigenvalue weighted by Gasteiger charge is 2.40. The summed E-state index contributed by atoms with van der Waals surface area (Å²) in [5, 5.41) is 9.28. The van der Waals surface area contributed by atoms with Crippen LogP contribution in [0.15, 0.2) is 0 Å². The van der Waals surface area contributed by atoms with E-state index >= 15 is 0 Å². The maximum absolute atomic E-state index is 11.9. The molecule has 2 atom stereocenters. The molecule has 0 aromatic heterocycles. The number of likely N-dealkylation sites (tertiary alicyclic amines) is 1. The Morgan fingerprint density at radius 3 is 2.65 bits per heavy atom. The number of carboxylic acid groups (broad SMARTS) is 1. The quantitative estimate of drug-likeness (QED) is 0.539. The van der Waals surface area contributed by atoms with E-state index < -0.39 is 23.9 Å². The number of hydrogen-bond acceptors (Lipinski definition) is 4. The van der Waals surface area contributed by atoms with Gasteiger partial charge in [-0.3, -0.25) is 9.59 Å². The van der Waals surface area contributed by atoms with Crippen molar-refractivity contribution in [1.29, 1.82) is 0 Å². The largest absolute Gasteiger partial charge is 0.480 e.